The molecule has 7 atom stereocenters. The summed E-state index contributed by atoms with van der Waals surface area (Å²) in [7, 11) is -4.48. The van der Waals surface area contributed by atoms with Crippen molar-refractivity contribution in [3.8, 4) is 0 Å². The summed E-state index contributed by atoms with van der Waals surface area (Å²) < 4.78 is 34.5. The Morgan fingerprint density at radius 3 is 1.31 bits per heavy atom. The number of hydrogen-bond donors (Lipinski definition) is 14. The van der Waals surface area contributed by atoms with Crippen molar-refractivity contribution in [1.29, 1.82) is 0 Å². The zero-order chi connectivity index (χ0) is 45.6. The minimum absolute atomic E-state index is 0. The van der Waals surface area contributed by atoms with E-state index in [1.165, 1.54) is 57.8 Å². The number of aliphatic carboxylic acids is 2. The number of aliphatic hydroxyl groups is 12. The standard InChI is InChI=1S/C12H26O4S.C10H20O.C5H12O5.C4H6O6.C3H8O3.C2H6O.Na/c1-2-3-4-5-6-7-8-9-10-11-12-16-17(13,14)15;1-7(2)9-5-4-8(3)6-10(9)11;6-1-3(8)5(10)4(9)2-7;5-1(3(7)8)2(6)4(9)10;4-1-3(6)2-5;1-2-3;/h2-12H2,1H3,(H,13,14,15);7-11H,4-6H2,1-3H3;3-10H,1-2H2;1-2,5-6H,(H,7,8)(H,9,10);3-6H,1-2H2;3H,2H2,1H3;/q;;;;;;+1/p-1. The molecule has 20 nitrogen and oxygen atoms in total. The van der Waals surface area contributed by atoms with E-state index in [0.29, 0.717) is 18.3 Å². The molecule has 22 heteroatoms. The summed E-state index contributed by atoms with van der Waals surface area (Å²) in [6, 6.07) is 0. The van der Waals surface area contributed by atoms with Crippen molar-refractivity contribution >= 4 is 22.3 Å². The van der Waals surface area contributed by atoms with Gasteiger partial charge in [0.25, 0.3) is 0 Å². The number of aliphatic hydroxyl groups excluding tert-OH is 12. The molecule has 7 unspecified atom stereocenters. The van der Waals surface area contributed by atoms with Gasteiger partial charge in [-0.15, -0.1) is 0 Å². The summed E-state index contributed by atoms with van der Waals surface area (Å²) in [5.74, 6) is -1.59. The van der Waals surface area contributed by atoms with Crippen molar-refractivity contribution in [2.45, 2.75) is 161 Å². The van der Waals surface area contributed by atoms with Crippen molar-refractivity contribution in [3.63, 3.8) is 0 Å². The van der Waals surface area contributed by atoms with Gasteiger partial charge in [-0.25, -0.2) is 18.0 Å². The van der Waals surface area contributed by atoms with E-state index in [-0.39, 0.29) is 62.1 Å². The van der Waals surface area contributed by atoms with Crippen LogP contribution in [0.5, 0.6) is 0 Å². The van der Waals surface area contributed by atoms with Gasteiger partial charge in [-0.1, -0.05) is 91.9 Å². The van der Waals surface area contributed by atoms with Gasteiger partial charge < -0.3 is 76.0 Å². The Labute approximate surface area is 366 Å². The maximum atomic E-state index is 10.1. The number of carboxylic acids is 2. The zero-order valence-corrected chi connectivity index (χ0v) is 38.1. The van der Waals surface area contributed by atoms with Crippen LogP contribution < -0.4 is 29.6 Å². The van der Waals surface area contributed by atoms with E-state index >= 15 is 0 Å². The predicted molar refractivity (Wildman–Crippen MR) is 207 cm³/mol. The van der Waals surface area contributed by atoms with Crippen LogP contribution in [0.4, 0.5) is 0 Å². The first kappa shape index (κ1) is 69.0. The zero-order valence-electron chi connectivity index (χ0n) is 35.3. The average Bonchev–Trinajstić information content (AvgIpc) is 3.15. The van der Waals surface area contributed by atoms with Crippen LogP contribution in [0.25, 0.3) is 0 Å². The summed E-state index contributed by atoms with van der Waals surface area (Å²) in [5.41, 5.74) is 0. The molecule has 14 N–H and O–H groups in total. The SMILES string of the molecule is CC1CCC(C(C)C)C(O)C1.CCCCCCCCCCCCOS(=O)(=O)[O-].CCO.O=C(O)C(O)C(O)C(=O)O.OCC(O)C(O)C(O)CO.OCC(O)CO.[Na+]. The molecule has 0 aromatic carbocycles. The van der Waals surface area contributed by atoms with E-state index in [1.54, 1.807) is 6.92 Å². The molecule has 1 saturated carbocycles. The van der Waals surface area contributed by atoms with Crippen molar-refractivity contribution < 1.29 is 128 Å². The fourth-order valence-electron chi connectivity index (χ4n) is 4.70. The fourth-order valence-corrected chi connectivity index (χ4v) is 5.02. The molecular weight excluding hydrogens is 807 g/mol. The Balaban J connectivity index is -0.000000147. The van der Waals surface area contributed by atoms with Gasteiger partial charge >= 0.3 is 41.5 Å². The Morgan fingerprint density at radius 1 is 0.690 bits per heavy atom. The molecule has 1 fully saturated rings. The van der Waals surface area contributed by atoms with Crippen LogP contribution in [0.15, 0.2) is 0 Å². The van der Waals surface area contributed by atoms with Crippen LogP contribution in [0.3, 0.4) is 0 Å². The normalized spacial score (nSPS) is 18.5. The first-order valence-electron chi connectivity index (χ1n) is 19.4. The number of rotatable bonds is 22. The van der Waals surface area contributed by atoms with Crippen molar-refractivity contribution in [3.05, 3.63) is 0 Å². The molecule has 1 aliphatic rings. The van der Waals surface area contributed by atoms with E-state index in [2.05, 4.69) is 31.9 Å². The summed E-state index contributed by atoms with van der Waals surface area (Å²) in [5, 5.41) is 116. The monoisotopic (exact) mass is 884 g/mol. The summed E-state index contributed by atoms with van der Waals surface area (Å²) >= 11 is 0. The van der Waals surface area contributed by atoms with Crippen LogP contribution in [0.1, 0.15) is 118 Å². The predicted octanol–water partition coefficient (Wildman–Crippen LogP) is -3.91. The van der Waals surface area contributed by atoms with Crippen molar-refractivity contribution in [2.75, 3.05) is 39.6 Å². The van der Waals surface area contributed by atoms with Gasteiger partial charge in [0.05, 0.1) is 39.1 Å². The number of carbonyl (C=O) groups is 2. The molecule has 1 aliphatic carbocycles. The number of carboxylic acid groups (broad SMARTS) is 2. The quantitative estimate of drug-likeness (QED) is 0.0214. The molecule has 0 aromatic heterocycles. The molecule has 0 aliphatic heterocycles. The maximum Gasteiger partial charge on any atom is 1.00 e. The Bertz CT molecular complexity index is 964. The molecule has 0 saturated heterocycles. The topological polar surface area (TPSA) is 384 Å². The first-order valence-corrected chi connectivity index (χ1v) is 20.7. The summed E-state index contributed by atoms with van der Waals surface area (Å²) in [4.78, 5) is 19.5. The minimum atomic E-state index is -4.48. The maximum absolute atomic E-state index is 10.1. The molecule has 0 radical (unpaired) electrons. The Kier molecular flexibility index (Phi) is 54.6. The summed E-state index contributed by atoms with van der Waals surface area (Å²) in [6.45, 7) is 8.82. The van der Waals surface area contributed by atoms with Crippen LogP contribution in [-0.4, -0.2) is 179 Å². The van der Waals surface area contributed by atoms with Gasteiger partial charge in [-0.3, -0.25) is 4.18 Å². The minimum Gasteiger partial charge on any atom is -0.726 e. The molecule has 0 amide bonds. The molecule has 0 heterocycles. The molecule has 348 valence electrons. The van der Waals surface area contributed by atoms with Crippen LogP contribution in [0, 0.1) is 17.8 Å². The molecular formula is C36H77NaO20S. The van der Waals surface area contributed by atoms with Crippen LogP contribution in [0.2, 0.25) is 0 Å². The molecule has 0 aromatic rings. The number of hydrogen-bond acceptors (Lipinski definition) is 18. The van der Waals surface area contributed by atoms with Gasteiger partial charge in [0.1, 0.15) is 24.4 Å². The smallest absolute Gasteiger partial charge is 0.726 e. The second kappa shape index (κ2) is 45.8. The third-order valence-electron chi connectivity index (χ3n) is 8.10. The first-order chi connectivity index (χ1) is 26.5. The third-order valence-corrected chi connectivity index (χ3v) is 8.56. The van der Waals surface area contributed by atoms with Gasteiger partial charge in [-0.2, -0.15) is 0 Å². The van der Waals surface area contributed by atoms with Crippen molar-refractivity contribution in [2.24, 2.45) is 17.8 Å². The van der Waals surface area contributed by atoms with Gasteiger partial charge in [0, 0.05) is 6.61 Å². The molecule has 1 rings (SSSR count). The number of unbranched alkanes of at least 4 members (excludes halogenated alkanes) is 9. The van der Waals surface area contributed by atoms with Gasteiger partial charge in [-0.05, 0) is 43.9 Å². The van der Waals surface area contributed by atoms with Crippen LogP contribution in [-0.2, 0) is 24.2 Å². The van der Waals surface area contributed by atoms with E-state index in [1.807, 2.05) is 0 Å². The van der Waals surface area contributed by atoms with E-state index < -0.39 is 72.2 Å². The molecule has 0 spiro atoms. The van der Waals surface area contributed by atoms with Gasteiger partial charge in [0.2, 0.25) is 10.4 Å². The van der Waals surface area contributed by atoms with Crippen LogP contribution >= 0.6 is 0 Å². The van der Waals surface area contributed by atoms with Crippen molar-refractivity contribution in [1.82, 2.24) is 0 Å². The Hall–Kier alpha value is -0.670. The third kappa shape index (κ3) is 48.0. The average molecular weight is 885 g/mol. The second-order valence-corrected chi connectivity index (χ2v) is 14.7. The van der Waals surface area contributed by atoms with Gasteiger partial charge in [0.15, 0.2) is 12.2 Å². The molecule has 58 heavy (non-hydrogen) atoms. The largest absolute Gasteiger partial charge is 1.00 e. The summed E-state index contributed by atoms with van der Waals surface area (Å²) in [6.07, 6.45) is 5.44. The van der Waals surface area contributed by atoms with E-state index in [4.69, 9.17) is 66.4 Å². The second-order valence-electron chi connectivity index (χ2n) is 13.7. The van der Waals surface area contributed by atoms with E-state index in [0.717, 1.165) is 25.2 Å². The fraction of sp³-hybridized carbons (Fsp3) is 0.944. The Morgan fingerprint density at radius 2 is 1.05 bits per heavy atom. The molecule has 0 bridgehead atoms. The van der Waals surface area contributed by atoms with E-state index in [9.17, 15) is 27.7 Å².